The molecule has 0 aromatic rings. The number of allylic oxidation sites excluding steroid dienone is 1. The minimum absolute atomic E-state index is 0.102. The SMILES string of the molecule is C=CCCCCC(F)(F)C(F)(F)C(F)(F)C(F)(F)C(F)(F)C(F)(F)C(F)(F)CO. The normalized spacial score (nSPS) is 15.6. The van der Waals surface area contributed by atoms with E-state index in [1.807, 2.05) is 0 Å². The van der Waals surface area contributed by atoms with Crippen LogP contribution in [0.5, 0.6) is 0 Å². The van der Waals surface area contributed by atoms with E-state index >= 15 is 0 Å². The maximum Gasteiger partial charge on any atom is 0.384 e. The number of alkyl halides is 14. The Morgan fingerprint density at radius 2 is 0.897 bits per heavy atom. The van der Waals surface area contributed by atoms with E-state index in [1.54, 1.807) is 0 Å². The summed E-state index contributed by atoms with van der Waals surface area (Å²) in [5, 5.41) is 7.92. The Hall–Kier alpha value is -1.28. The highest BCUT2D eigenvalue weighted by molar-refractivity contribution is 5.14. The second-order valence-corrected chi connectivity index (χ2v) is 5.97. The third kappa shape index (κ3) is 4.15. The Morgan fingerprint density at radius 3 is 1.24 bits per heavy atom. The second kappa shape index (κ2) is 8.10. The van der Waals surface area contributed by atoms with Gasteiger partial charge in [0.2, 0.25) is 0 Å². The molecule has 1 N–H and O–H groups in total. The molecule has 0 aromatic heterocycles. The lowest BCUT2D eigenvalue weighted by Crippen LogP contribution is -2.73. The number of hydrogen-bond donors (Lipinski definition) is 1. The van der Waals surface area contributed by atoms with Crippen LogP contribution in [0.2, 0.25) is 0 Å². The molecule has 0 aliphatic carbocycles. The molecule has 0 radical (unpaired) electrons. The van der Waals surface area contributed by atoms with Crippen LogP contribution in [-0.2, 0) is 0 Å². The van der Waals surface area contributed by atoms with E-state index < -0.39 is 60.9 Å². The van der Waals surface area contributed by atoms with Gasteiger partial charge in [-0.1, -0.05) is 6.08 Å². The van der Waals surface area contributed by atoms with Gasteiger partial charge in [0.05, 0.1) is 0 Å². The minimum atomic E-state index is -8.09. The fourth-order valence-corrected chi connectivity index (χ4v) is 1.94. The summed E-state index contributed by atoms with van der Waals surface area (Å²) in [7, 11) is 0. The molecule has 0 fully saturated rings. The van der Waals surface area contributed by atoms with Crippen molar-refractivity contribution in [2.75, 3.05) is 6.61 Å². The second-order valence-electron chi connectivity index (χ2n) is 5.97. The van der Waals surface area contributed by atoms with Gasteiger partial charge in [-0.2, -0.15) is 61.5 Å². The maximum atomic E-state index is 13.5. The zero-order chi connectivity index (χ0) is 23.7. The van der Waals surface area contributed by atoms with E-state index in [9.17, 15) is 61.5 Å². The maximum absolute atomic E-state index is 13.5. The van der Waals surface area contributed by atoms with Crippen molar-refractivity contribution in [2.45, 2.75) is 67.1 Å². The molecular formula is C14H14F14O. The van der Waals surface area contributed by atoms with Crippen molar-refractivity contribution in [1.82, 2.24) is 0 Å². The standard InChI is InChI=1S/C14H14F14O/c1-2-3-4-5-6-8(15,16)10(19,20)12(23,24)14(27,28)13(25,26)11(21,22)9(17,18)7-29/h2,29H,1,3-7H2. The van der Waals surface area contributed by atoms with Crippen LogP contribution in [0, 0.1) is 0 Å². The van der Waals surface area contributed by atoms with Crippen LogP contribution in [-0.4, -0.2) is 53.2 Å². The molecule has 174 valence electrons. The third-order valence-corrected chi connectivity index (χ3v) is 3.84. The summed E-state index contributed by atoms with van der Waals surface area (Å²) in [6.45, 7) is -0.167. The molecule has 0 amide bonds. The average molecular weight is 464 g/mol. The van der Waals surface area contributed by atoms with Crippen molar-refractivity contribution in [1.29, 1.82) is 0 Å². The van der Waals surface area contributed by atoms with Crippen LogP contribution in [0.4, 0.5) is 61.5 Å². The molecule has 0 rings (SSSR count). The van der Waals surface area contributed by atoms with Crippen molar-refractivity contribution in [3.8, 4) is 0 Å². The minimum Gasteiger partial charge on any atom is -0.390 e. The molecule has 0 saturated heterocycles. The van der Waals surface area contributed by atoms with Gasteiger partial charge in [0.25, 0.3) is 0 Å². The molecular weight excluding hydrogens is 450 g/mol. The predicted molar refractivity (Wildman–Crippen MR) is 70.4 cm³/mol. The van der Waals surface area contributed by atoms with E-state index in [0.717, 1.165) is 6.08 Å². The molecule has 0 saturated carbocycles. The highest BCUT2D eigenvalue weighted by atomic mass is 19.4. The quantitative estimate of drug-likeness (QED) is 0.208. The van der Waals surface area contributed by atoms with E-state index in [-0.39, 0.29) is 12.8 Å². The molecule has 0 bridgehead atoms. The van der Waals surface area contributed by atoms with E-state index in [2.05, 4.69) is 6.58 Å². The highest BCUT2D eigenvalue weighted by Crippen LogP contribution is 2.62. The van der Waals surface area contributed by atoms with Gasteiger partial charge in [0, 0.05) is 6.42 Å². The lowest BCUT2D eigenvalue weighted by atomic mass is 9.88. The van der Waals surface area contributed by atoms with Crippen LogP contribution in [0.3, 0.4) is 0 Å². The number of aliphatic hydroxyl groups is 1. The van der Waals surface area contributed by atoms with Gasteiger partial charge in [-0.15, -0.1) is 6.58 Å². The van der Waals surface area contributed by atoms with Crippen LogP contribution < -0.4 is 0 Å². The van der Waals surface area contributed by atoms with Crippen molar-refractivity contribution in [3.63, 3.8) is 0 Å². The first kappa shape index (κ1) is 27.7. The number of rotatable bonds is 12. The molecule has 0 spiro atoms. The van der Waals surface area contributed by atoms with Gasteiger partial charge in [-0.25, -0.2) is 0 Å². The Bertz CT molecular complexity index is 569. The number of halogens is 14. The van der Waals surface area contributed by atoms with Gasteiger partial charge in [0.1, 0.15) is 6.61 Å². The summed E-state index contributed by atoms with van der Waals surface area (Å²) in [4.78, 5) is 0. The zero-order valence-corrected chi connectivity index (χ0v) is 14.1. The summed E-state index contributed by atoms with van der Waals surface area (Å²) < 4.78 is 186. The largest absolute Gasteiger partial charge is 0.390 e. The third-order valence-electron chi connectivity index (χ3n) is 3.84. The predicted octanol–water partition coefficient (Wildman–Crippen LogP) is 6.17. The van der Waals surface area contributed by atoms with Crippen molar-refractivity contribution in [3.05, 3.63) is 12.7 Å². The van der Waals surface area contributed by atoms with E-state index in [4.69, 9.17) is 5.11 Å². The Balaban J connectivity index is 6.20. The Labute approximate surface area is 154 Å². The summed E-state index contributed by atoms with van der Waals surface area (Å²) in [5.41, 5.74) is 0. The van der Waals surface area contributed by atoms with Crippen molar-refractivity contribution in [2.24, 2.45) is 0 Å². The molecule has 0 heterocycles. The lowest BCUT2D eigenvalue weighted by molar-refractivity contribution is -0.442. The fraction of sp³-hybridized carbons (Fsp3) is 0.857. The molecule has 0 unspecified atom stereocenters. The molecule has 0 atom stereocenters. The molecule has 0 aromatic carbocycles. The Kier molecular flexibility index (Phi) is 7.74. The first-order chi connectivity index (χ1) is 12.6. The van der Waals surface area contributed by atoms with Gasteiger partial charge in [0.15, 0.2) is 0 Å². The van der Waals surface area contributed by atoms with Crippen molar-refractivity contribution >= 4 is 0 Å². The van der Waals surface area contributed by atoms with Gasteiger partial charge in [-0.05, 0) is 19.3 Å². The molecule has 0 aliphatic rings. The average Bonchev–Trinajstić information content (AvgIpc) is 2.57. The molecule has 29 heavy (non-hydrogen) atoms. The van der Waals surface area contributed by atoms with Gasteiger partial charge < -0.3 is 5.11 Å². The molecule has 1 nitrogen and oxygen atoms in total. The first-order valence-corrected chi connectivity index (χ1v) is 7.49. The summed E-state index contributed by atoms with van der Waals surface area (Å²) in [6, 6.07) is 0. The van der Waals surface area contributed by atoms with E-state index in [1.165, 1.54) is 0 Å². The van der Waals surface area contributed by atoms with E-state index in [0.29, 0.717) is 0 Å². The number of aliphatic hydroxyl groups excluding tert-OH is 1. The summed E-state index contributed by atoms with van der Waals surface area (Å²) >= 11 is 0. The highest BCUT2D eigenvalue weighted by Gasteiger charge is 2.92. The summed E-state index contributed by atoms with van der Waals surface area (Å²) in [6.07, 6.45) is -2.65. The molecule has 15 heteroatoms. The topological polar surface area (TPSA) is 20.2 Å². The van der Waals surface area contributed by atoms with Gasteiger partial charge >= 0.3 is 41.5 Å². The zero-order valence-electron chi connectivity index (χ0n) is 14.1. The Morgan fingerprint density at radius 1 is 0.552 bits per heavy atom. The van der Waals surface area contributed by atoms with Crippen LogP contribution >= 0.6 is 0 Å². The van der Waals surface area contributed by atoms with Crippen LogP contribution in [0.25, 0.3) is 0 Å². The smallest absolute Gasteiger partial charge is 0.384 e. The number of hydrogen-bond acceptors (Lipinski definition) is 1. The first-order valence-electron chi connectivity index (χ1n) is 7.49. The number of unbranched alkanes of at least 4 members (excludes halogenated alkanes) is 2. The van der Waals surface area contributed by atoms with Gasteiger partial charge in [-0.3, -0.25) is 0 Å². The molecule has 0 aliphatic heterocycles. The van der Waals surface area contributed by atoms with Crippen LogP contribution in [0.1, 0.15) is 25.7 Å². The van der Waals surface area contributed by atoms with Crippen molar-refractivity contribution < 1.29 is 66.6 Å². The lowest BCUT2D eigenvalue weighted by Gasteiger charge is -2.42. The monoisotopic (exact) mass is 464 g/mol. The fourth-order valence-electron chi connectivity index (χ4n) is 1.94. The van der Waals surface area contributed by atoms with Crippen LogP contribution in [0.15, 0.2) is 12.7 Å². The summed E-state index contributed by atoms with van der Waals surface area (Å²) in [5.74, 6) is -51.4.